The van der Waals surface area contributed by atoms with Crippen LogP contribution in [0.1, 0.15) is 30.3 Å². The summed E-state index contributed by atoms with van der Waals surface area (Å²) in [6.45, 7) is 3.48. The third-order valence-electron chi connectivity index (χ3n) is 6.14. The van der Waals surface area contributed by atoms with Crippen molar-refractivity contribution < 1.29 is 30.8 Å². The van der Waals surface area contributed by atoms with Gasteiger partial charge in [0.2, 0.25) is 21.8 Å². The Morgan fingerprint density at radius 2 is 1.76 bits per heavy atom. The van der Waals surface area contributed by atoms with Crippen LogP contribution in [0.3, 0.4) is 0 Å². The Morgan fingerprint density at radius 3 is 2.38 bits per heavy atom. The summed E-state index contributed by atoms with van der Waals surface area (Å²) in [5, 5.41) is 2.59. The number of nitrogens with zero attached hydrogens (tertiary/aromatic N) is 4. The van der Waals surface area contributed by atoms with E-state index in [1.54, 1.807) is 19.1 Å². The molecule has 0 spiro atoms. The monoisotopic (exact) mass is 537 g/mol. The van der Waals surface area contributed by atoms with Gasteiger partial charge in [-0.25, -0.2) is 22.8 Å². The summed E-state index contributed by atoms with van der Waals surface area (Å²) < 4.78 is 80.2. The van der Waals surface area contributed by atoms with Gasteiger partial charge in [0.1, 0.15) is 11.9 Å². The highest BCUT2D eigenvalue weighted by atomic mass is 32.2. The molecule has 8 nitrogen and oxygen atoms in total. The van der Waals surface area contributed by atoms with Crippen molar-refractivity contribution >= 4 is 15.9 Å². The third-order valence-corrected chi connectivity index (χ3v) is 8.03. The quantitative estimate of drug-likeness (QED) is 0.481. The van der Waals surface area contributed by atoms with Crippen molar-refractivity contribution in [2.75, 3.05) is 6.54 Å². The number of sulfonamides is 1. The second-order valence-electron chi connectivity index (χ2n) is 8.81. The second kappa shape index (κ2) is 10.1. The molecule has 1 amide bonds. The number of carbonyl (C=O) groups is 1. The van der Waals surface area contributed by atoms with Crippen LogP contribution in [0.5, 0.6) is 0 Å². The number of rotatable bonds is 6. The minimum absolute atomic E-state index is 0.0110. The van der Waals surface area contributed by atoms with Crippen molar-refractivity contribution in [1.29, 1.82) is 0 Å². The number of hydrogen-bond donors (Lipinski definition) is 1. The topological polar surface area (TPSA) is 105 Å². The van der Waals surface area contributed by atoms with E-state index in [4.69, 9.17) is 0 Å². The summed E-state index contributed by atoms with van der Waals surface area (Å²) in [6.07, 6.45) is -1.51. The fourth-order valence-corrected chi connectivity index (χ4v) is 5.78. The van der Waals surface area contributed by atoms with E-state index in [9.17, 15) is 30.8 Å². The van der Waals surface area contributed by atoms with Crippen LogP contribution in [0.4, 0.5) is 17.6 Å². The lowest BCUT2D eigenvalue weighted by Crippen LogP contribution is -2.47. The molecule has 1 aliphatic heterocycles. The van der Waals surface area contributed by atoms with Gasteiger partial charge in [0, 0.05) is 36.6 Å². The molecule has 196 valence electrons. The highest BCUT2D eigenvalue weighted by molar-refractivity contribution is 7.89. The molecule has 1 saturated heterocycles. The molecule has 3 heterocycles. The van der Waals surface area contributed by atoms with Gasteiger partial charge in [-0.15, -0.1) is 0 Å². The number of pyridine rings is 1. The van der Waals surface area contributed by atoms with Gasteiger partial charge in [-0.2, -0.15) is 17.5 Å². The lowest BCUT2D eigenvalue weighted by atomic mass is 10.0. The lowest BCUT2D eigenvalue weighted by molar-refractivity contribution is -0.145. The zero-order valence-electron chi connectivity index (χ0n) is 19.8. The molecule has 1 aromatic carbocycles. The highest BCUT2D eigenvalue weighted by Gasteiger charge is 2.43. The maximum atomic E-state index is 14.4. The lowest BCUT2D eigenvalue weighted by Gasteiger charge is -2.25. The largest absolute Gasteiger partial charge is 0.451 e. The normalized spacial score (nSPS) is 18.6. The highest BCUT2D eigenvalue weighted by Crippen LogP contribution is 2.31. The molecule has 4 rings (SSSR count). The number of halogens is 4. The molecule has 0 unspecified atom stereocenters. The van der Waals surface area contributed by atoms with Crippen LogP contribution < -0.4 is 5.32 Å². The zero-order valence-corrected chi connectivity index (χ0v) is 20.6. The van der Waals surface area contributed by atoms with E-state index in [0.717, 1.165) is 28.5 Å². The van der Waals surface area contributed by atoms with Gasteiger partial charge in [0.05, 0.1) is 16.8 Å². The minimum Gasteiger partial charge on any atom is -0.351 e. The first-order valence-electron chi connectivity index (χ1n) is 11.3. The Kier molecular flexibility index (Phi) is 7.29. The minimum atomic E-state index is -4.71. The summed E-state index contributed by atoms with van der Waals surface area (Å²) in [5.41, 5.74) is 1.14. The van der Waals surface area contributed by atoms with Crippen molar-refractivity contribution in [1.82, 2.24) is 24.6 Å². The molecule has 1 N–H and O–H groups in total. The third kappa shape index (κ3) is 5.62. The van der Waals surface area contributed by atoms with E-state index < -0.39 is 39.8 Å². The summed E-state index contributed by atoms with van der Waals surface area (Å²) in [7, 11) is -3.94. The fraction of sp³-hybridized carbons (Fsp3) is 0.333. The number of nitrogens with one attached hydrogen (secondary N) is 1. The van der Waals surface area contributed by atoms with Crippen molar-refractivity contribution in [2.24, 2.45) is 5.92 Å². The molecule has 0 saturated carbocycles. The number of alkyl halides is 3. The zero-order chi connectivity index (χ0) is 27.0. The van der Waals surface area contributed by atoms with Crippen LogP contribution in [-0.2, 0) is 27.5 Å². The Morgan fingerprint density at radius 1 is 1.11 bits per heavy atom. The van der Waals surface area contributed by atoms with Crippen LogP contribution in [0.2, 0.25) is 0 Å². The fourth-order valence-electron chi connectivity index (χ4n) is 4.08. The molecule has 0 aliphatic carbocycles. The Labute approximate surface area is 210 Å². The van der Waals surface area contributed by atoms with E-state index in [2.05, 4.69) is 20.3 Å². The van der Waals surface area contributed by atoms with Crippen molar-refractivity contribution in [3.8, 4) is 11.3 Å². The first kappa shape index (κ1) is 26.6. The standard InChI is InChI=1S/C24H23F4N5O3S/c1-14-3-5-18(6-4-14)37(35,36)33-8-7-15(2)21(33)22(34)30-10-16-9-20(29-13-19(16)25)17-11-31-23(32-12-17)24(26,27)28/h3-6,9,11-13,15,21H,7-8,10H2,1-2H3,(H,30,34)/t15-,21-/m0/s1. The average molecular weight is 538 g/mol. The van der Waals surface area contributed by atoms with Crippen molar-refractivity contribution in [3.63, 3.8) is 0 Å². The van der Waals surface area contributed by atoms with Gasteiger partial charge < -0.3 is 5.32 Å². The van der Waals surface area contributed by atoms with E-state index in [1.165, 1.54) is 18.2 Å². The van der Waals surface area contributed by atoms with Gasteiger partial charge in [-0.1, -0.05) is 24.6 Å². The maximum Gasteiger partial charge on any atom is 0.451 e. The number of aromatic nitrogens is 3. The summed E-state index contributed by atoms with van der Waals surface area (Å²) in [5.74, 6) is -2.93. The number of benzene rings is 1. The average Bonchev–Trinajstić information content (AvgIpc) is 3.25. The summed E-state index contributed by atoms with van der Waals surface area (Å²) in [4.78, 5) is 23.6. The molecule has 1 fully saturated rings. The van der Waals surface area contributed by atoms with E-state index in [1.807, 2.05) is 6.92 Å². The van der Waals surface area contributed by atoms with Gasteiger partial charge >= 0.3 is 6.18 Å². The first-order valence-corrected chi connectivity index (χ1v) is 12.7. The number of aryl methyl sites for hydroxylation is 1. The Balaban J connectivity index is 1.51. The molecular formula is C24H23F4N5O3S. The molecular weight excluding hydrogens is 514 g/mol. The number of carbonyl (C=O) groups excluding carboxylic acids is 1. The summed E-state index contributed by atoms with van der Waals surface area (Å²) in [6, 6.07) is 6.60. The Hall–Kier alpha value is -3.45. The molecule has 0 radical (unpaired) electrons. The predicted molar refractivity (Wildman–Crippen MR) is 125 cm³/mol. The van der Waals surface area contributed by atoms with Crippen LogP contribution in [0, 0.1) is 18.7 Å². The second-order valence-corrected chi connectivity index (χ2v) is 10.7. The van der Waals surface area contributed by atoms with Gasteiger partial charge in [-0.3, -0.25) is 9.78 Å². The SMILES string of the molecule is Cc1ccc(S(=O)(=O)N2CC[C@H](C)[C@H]2C(=O)NCc2cc(-c3cnc(C(F)(F)F)nc3)ncc2F)cc1. The van der Waals surface area contributed by atoms with Gasteiger partial charge in [0.15, 0.2) is 0 Å². The van der Waals surface area contributed by atoms with E-state index >= 15 is 0 Å². The smallest absolute Gasteiger partial charge is 0.351 e. The van der Waals surface area contributed by atoms with E-state index in [-0.39, 0.29) is 40.7 Å². The van der Waals surface area contributed by atoms with Crippen LogP contribution in [-0.4, -0.2) is 46.2 Å². The van der Waals surface area contributed by atoms with Crippen molar-refractivity contribution in [3.05, 3.63) is 71.7 Å². The first-order chi connectivity index (χ1) is 17.4. The number of amides is 1. The number of hydrogen-bond acceptors (Lipinski definition) is 6. The Bertz CT molecular complexity index is 1400. The maximum absolute atomic E-state index is 14.4. The molecule has 13 heteroatoms. The molecule has 37 heavy (non-hydrogen) atoms. The van der Waals surface area contributed by atoms with Crippen LogP contribution in [0.15, 0.2) is 53.8 Å². The van der Waals surface area contributed by atoms with Gasteiger partial charge in [0.25, 0.3) is 0 Å². The van der Waals surface area contributed by atoms with Crippen LogP contribution >= 0.6 is 0 Å². The molecule has 1 aliphatic rings. The van der Waals surface area contributed by atoms with Crippen LogP contribution in [0.25, 0.3) is 11.3 Å². The van der Waals surface area contributed by atoms with Crippen molar-refractivity contribution in [2.45, 2.75) is 43.9 Å². The predicted octanol–water partition coefficient (Wildman–Crippen LogP) is 3.72. The molecule has 3 aromatic rings. The molecule has 0 bridgehead atoms. The van der Waals surface area contributed by atoms with E-state index in [0.29, 0.717) is 6.42 Å². The molecule has 2 atom stereocenters. The summed E-state index contributed by atoms with van der Waals surface area (Å²) >= 11 is 0. The molecule has 2 aromatic heterocycles. The van der Waals surface area contributed by atoms with Gasteiger partial charge in [-0.05, 0) is 37.5 Å².